The summed E-state index contributed by atoms with van der Waals surface area (Å²) in [5, 5.41) is 16.6. The van der Waals surface area contributed by atoms with Crippen LogP contribution in [0.25, 0.3) is 0 Å². The molecule has 0 bridgehead atoms. The number of carbonyl (C=O) groups is 2. The number of hydrogen-bond acceptors (Lipinski definition) is 5. The third kappa shape index (κ3) is 5.03. The molecule has 0 spiro atoms. The van der Waals surface area contributed by atoms with E-state index in [4.69, 9.17) is 0 Å². The van der Waals surface area contributed by atoms with Crippen molar-refractivity contribution in [2.75, 3.05) is 18.4 Å². The highest BCUT2D eigenvalue weighted by atomic mass is 19.3. The average molecular weight is 491 g/mol. The molecule has 2 aliphatic rings. The lowest BCUT2D eigenvalue weighted by Gasteiger charge is -2.48. The van der Waals surface area contributed by atoms with Gasteiger partial charge >= 0.3 is 12.6 Å². The van der Waals surface area contributed by atoms with E-state index in [2.05, 4.69) is 20.1 Å². The molecule has 2 N–H and O–H groups in total. The molecular formula is C25H32F2N4O4. The number of aryl methyl sites for hydroxylation is 1. The largest absolute Gasteiger partial charge is 0.481 e. The van der Waals surface area contributed by atoms with Crippen LogP contribution in [0.4, 0.5) is 14.5 Å². The predicted molar refractivity (Wildman–Crippen MR) is 126 cm³/mol. The van der Waals surface area contributed by atoms with E-state index < -0.39 is 18.1 Å². The maximum absolute atomic E-state index is 13.9. The molecule has 1 aromatic carbocycles. The molecule has 1 aliphatic heterocycles. The van der Waals surface area contributed by atoms with Gasteiger partial charge in [0.05, 0.1) is 11.6 Å². The van der Waals surface area contributed by atoms with Gasteiger partial charge in [-0.25, -0.2) is 0 Å². The fourth-order valence-corrected chi connectivity index (χ4v) is 5.15. The molecule has 2 aromatic rings. The molecule has 0 unspecified atom stereocenters. The molecule has 35 heavy (non-hydrogen) atoms. The van der Waals surface area contributed by atoms with Crippen LogP contribution >= 0.6 is 0 Å². The average Bonchev–Trinajstić information content (AvgIpc) is 3.25. The number of aromatic nitrogens is 2. The second kappa shape index (κ2) is 9.93. The molecule has 4 rings (SSSR count). The molecule has 1 amide bonds. The molecule has 1 aliphatic carbocycles. The first-order valence-electron chi connectivity index (χ1n) is 12.0. The van der Waals surface area contributed by atoms with Gasteiger partial charge in [0.15, 0.2) is 0 Å². The molecule has 0 atom stereocenters. The zero-order valence-electron chi connectivity index (χ0n) is 20.2. The van der Waals surface area contributed by atoms with E-state index in [1.807, 2.05) is 19.9 Å². The van der Waals surface area contributed by atoms with Crippen molar-refractivity contribution in [3.05, 3.63) is 41.7 Å². The van der Waals surface area contributed by atoms with Crippen LogP contribution in [0.3, 0.4) is 0 Å². The summed E-state index contributed by atoms with van der Waals surface area (Å²) in [5.41, 5.74) is 0.819. The minimum atomic E-state index is -3.01. The topological polar surface area (TPSA) is 96.7 Å². The number of amides is 1. The monoisotopic (exact) mass is 490 g/mol. The second-order valence-corrected chi connectivity index (χ2v) is 9.88. The number of nitrogens with one attached hydrogen (secondary N) is 1. The summed E-state index contributed by atoms with van der Waals surface area (Å²) >= 11 is 0. The number of aliphatic carboxylic acids is 1. The molecule has 2 heterocycles. The van der Waals surface area contributed by atoms with E-state index in [9.17, 15) is 23.5 Å². The smallest absolute Gasteiger partial charge is 0.387 e. The number of carboxylic acid groups (broad SMARTS) is 1. The van der Waals surface area contributed by atoms with Crippen molar-refractivity contribution in [2.45, 2.75) is 70.6 Å². The maximum Gasteiger partial charge on any atom is 0.387 e. The van der Waals surface area contributed by atoms with Crippen LogP contribution in [0.1, 0.15) is 56.7 Å². The van der Waals surface area contributed by atoms with Gasteiger partial charge in [-0.1, -0.05) is 19.9 Å². The molecule has 8 nitrogen and oxygen atoms in total. The number of likely N-dealkylation sites (tertiary alicyclic amines) is 1. The number of alkyl halides is 2. The van der Waals surface area contributed by atoms with Crippen LogP contribution < -0.4 is 10.1 Å². The van der Waals surface area contributed by atoms with E-state index >= 15 is 0 Å². The Hall–Kier alpha value is -3.01. The predicted octanol–water partition coefficient (Wildman–Crippen LogP) is 4.21. The van der Waals surface area contributed by atoms with Crippen LogP contribution in [-0.2, 0) is 15.1 Å². The lowest BCUT2D eigenvalue weighted by atomic mass is 9.77. The first-order valence-corrected chi connectivity index (χ1v) is 12.0. The fourth-order valence-electron chi connectivity index (χ4n) is 5.15. The van der Waals surface area contributed by atoms with Crippen molar-refractivity contribution >= 4 is 17.6 Å². The number of halogens is 2. The number of ether oxygens (including phenoxy) is 1. The number of piperidine rings is 1. The summed E-state index contributed by atoms with van der Waals surface area (Å²) in [6.07, 6.45) is 3.84. The molecule has 0 radical (unpaired) electrons. The number of nitrogens with zero attached hydrogens (tertiary/aromatic N) is 3. The van der Waals surface area contributed by atoms with E-state index in [1.54, 1.807) is 29.9 Å². The standard InChI is InChI=1S/C25H32F2N4O4/c1-15(2)20-6-9-28-31(20)25(7-10-30(11-8-25)18-13-17(14-18)22(32)33)23(34)29-19-5-4-16(3)12-21(19)35-24(26)27/h4-6,9,12,15,17-18,24H,7-8,10-11,13-14H2,1-3H3,(H,29,34)(H,32,33). The third-order valence-corrected chi connectivity index (χ3v) is 7.30. The van der Waals surface area contributed by atoms with Gasteiger partial charge in [-0.2, -0.15) is 13.9 Å². The third-order valence-electron chi connectivity index (χ3n) is 7.30. The fraction of sp³-hybridized carbons (Fsp3) is 0.560. The second-order valence-electron chi connectivity index (χ2n) is 9.88. The van der Waals surface area contributed by atoms with E-state index in [0.717, 1.165) is 11.3 Å². The molecular weight excluding hydrogens is 458 g/mol. The van der Waals surface area contributed by atoms with Gasteiger partial charge in [-0.15, -0.1) is 0 Å². The van der Waals surface area contributed by atoms with Crippen molar-refractivity contribution in [2.24, 2.45) is 5.92 Å². The van der Waals surface area contributed by atoms with Gasteiger partial charge in [-0.3, -0.25) is 14.3 Å². The Morgan fingerprint density at radius 1 is 1.20 bits per heavy atom. The number of hydrogen-bond donors (Lipinski definition) is 2. The zero-order valence-corrected chi connectivity index (χ0v) is 20.2. The number of carboxylic acids is 1. The van der Waals surface area contributed by atoms with Gasteiger partial charge in [0.25, 0.3) is 5.91 Å². The summed E-state index contributed by atoms with van der Waals surface area (Å²) in [6.45, 7) is 4.02. The first-order chi connectivity index (χ1) is 16.6. The Morgan fingerprint density at radius 3 is 2.49 bits per heavy atom. The summed E-state index contributed by atoms with van der Waals surface area (Å²) in [6, 6.07) is 6.86. The first kappa shape index (κ1) is 25.1. The zero-order chi connectivity index (χ0) is 25.3. The van der Waals surface area contributed by atoms with Crippen molar-refractivity contribution in [1.82, 2.24) is 14.7 Å². The van der Waals surface area contributed by atoms with Crippen LogP contribution in [0.15, 0.2) is 30.5 Å². The highest BCUT2D eigenvalue weighted by molar-refractivity contribution is 5.98. The number of benzene rings is 1. The lowest BCUT2D eigenvalue weighted by Crippen LogP contribution is -2.58. The van der Waals surface area contributed by atoms with Crippen molar-refractivity contribution in [3.8, 4) is 5.75 Å². The minimum Gasteiger partial charge on any atom is -0.481 e. The number of carbonyl (C=O) groups excluding carboxylic acids is 1. The Bertz CT molecular complexity index is 1070. The molecule has 1 aromatic heterocycles. The summed E-state index contributed by atoms with van der Waals surface area (Å²) < 4.78 is 32.5. The summed E-state index contributed by atoms with van der Waals surface area (Å²) in [5.74, 6) is -1.35. The Morgan fingerprint density at radius 2 is 1.89 bits per heavy atom. The van der Waals surface area contributed by atoms with Crippen LogP contribution in [-0.4, -0.2) is 57.4 Å². The maximum atomic E-state index is 13.9. The number of rotatable bonds is 8. The van der Waals surface area contributed by atoms with Gasteiger partial charge in [-0.05, 0) is 62.3 Å². The lowest BCUT2D eigenvalue weighted by molar-refractivity contribution is -0.147. The van der Waals surface area contributed by atoms with E-state index in [0.29, 0.717) is 38.8 Å². The summed E-state index contributed by atoms with van der Waals surface area (Å²) in [7, 11) is 0. The SMILES string of the molecule is Cc1ccc(NC(=O)C2(n3nccc3C(C)C)CCN(C3CC(C(=O)O)C3)CC2)c(OC(F)F)c1. The van der Waals surface area contributed by atoms with Gasteiger partial charge in [0, 0.05) is 31.0 Å². The molecule has 10 heteroatoms. The quantitative estimate of drug-likeness (QED) is 0.576. The Balaban J connectivity index is 1.60. The van der Waals surface area contributed by atoms with E-state index in [1.165, 1.54) is 6.07 Å². The van der Waals surface area contributed by atoms with Gasteiger partial charge in [0.2, 0.25) is 0 Å². The summed E-state index contributed by atoms with van der Waals surface area (Å²) in [4.78, 5) is 27.3. The molecule has 1 saturated heterocycles. The van der Waals surface area contributed by atoms with Gasteiger partial charge in [0.1, 0.15) is 11.3 Å². The molecule has 1 saturated carbocycles. The minimum absolute atomic E-state index is 0.0836. The Kier molecular flexibility index (Phi) is 7.12. The van der Waals surface area contributed by atoms with Gasteiger partial charge < -0.3 is 20.1 Å². The van der Waals surface area contributed by atoms with Crippen LogP contribution in [0, 0.1) is 12.8 Å². The van der Waals surface area contributed by atoms with Crippen LogP contribution in [0.2, 0.25) is 0 Å². The van der Waals surface area contributed by atoms with E-state index in [-0.39, 0.29) is 35.2 Å². The molecule has 190 valence electrons. The highest BCUT2D eigenvalue weighted by Crippen LogP contribution is 2.40. The normalized spacial score (nSPS) is 22.1. The molecule has 2 fully saturated rings. The Labute approximate surface area is 203 Å². The van der Waals surface area contributed by atoms with Crippen LogP contribution in [0.5, 0.6) is 5.75 Å². The van der Waals surface area contributed by atoms with Crippen molar-refractivity contribution in [1.29, 1.82) is 0 Å². The number of anilines is 1. The van der Waals surface area contributed by atoms with Crippen molar-refractivity contribution < 1.29 is 28.2 Å². The highest BCUT2D eigenvalue weighted by Gasteiger charge is 2.48. The van der Waals surface area contributed by atoms with Crippen molar-refractivity contribution in [3.63, 3.8) is 0 Å².